The van der Waals surface area contributed by atoms with Crippen molar-refractivity contribution in [3.63, 3.8) is 0 Å². The molecule has 2 rings (SSSR count). The highest BCUT2D eigenvalue weighted by atomic mass is 32.1. The standard InChI is InChI=1S/C16H27NOS/c1-3-11-17-15(13-8-6-4-5-7-9-13)16-14(18-2)10-12-19-16/h10,12-13,15,17H,3-9,11H2,1-2H3. The van der Waals surface area contributed by atoms with Gasteiger partial charge in [0, 0.05) is 6.04 Å². The van der Waals surface area contributed by atoms with E-state index in [0.717, 1.165) is 18.2 Å². The lowest BCUT2D eigenvalue weighted by Crippen LogP contribution is -2.28. The van der Waals surface area contributed by atoms with Crippen LogP contribution in [0.15, 0.2) is 11.4 Å². The molecule has 1 aliphatic carbocycles. The monoisotopic (exact) mass is 281 g/mol. The number of nitrogens with one attached hydrogen (secondary N) is 1. The molecule has 1 N–H and O–H groups in total. The summed E-state index contributed by atoms with van der Waals surface area (Å²) in [6.07, 6.45) is 9.53. The lowest BCUT2D eigenvalue weighted by Gasteiger charge is -2.27. The van der Waals surface area contributed by atoms with Crippen LogP contribution in [-0.2, 0) is 0 Å². The molecule has 2 nitrogen and oxygen atoms in total. The van der Waals surface area contributed by atoms with Crippen LogP contribution in [0.2, 0.25) is 0 Å². The van der Waals surface area contributed by atoms with Crippen molar-refractivity contribution in [2.45, 2.75) is 57.9 Å². The van der Waals surface area contributed by atoms with Crippen LogP contribution in [-0.4, -0.2) is 13.7 Å². The molecule has 1 heterocycles. The highest BCUT2D eigenvalue weighted by Gasteiger charge is 2.26. The highest BCUT2D eigenvalue weighted by Crippen LogP contribution is 2.40. The fraction of sp³-hybridized carbons (Fsp3) is 0.750. The van der Waals surface area contributed by atoms with E-state index in [1.54, 1.807) is 7.11 Å². The van der Waals surface area contributed by atoms with Crippen LogP contribution < -0.4 is 10.1 Å². The topological polar surface area (TPSA) is 21.3 Å². The second-order valence-electron chi connectivity index (χ2n) is 5.54. The first-order valence-corrected chi connectivity index (χ1v) is 8.59. The Hall–Kier alpha value is -0.540. The van der Waals surface area contributed by atoms with E-state index < -0.39 is 0 Å². The van der Waals surface area contributed by atoms with E-state index in [9.17, 15) is 0 Å². The van der Waals surface area contributed by atoms with Crippen molar-refractivity contribution in [1.82, 2.24) is 5.32 Å². The van der Waals surface area contributed by atoms with E-state index in [2.05, 4.69) is 23.7 Å². The van der Waals surface area contributed by atoms with Gasteiger partial charge < -0.3 is 10.1 Å². The van der Waals surface area contributed by atoms with Crippen LogP contribution in [0, 0.1) is 5.92 Å². The fourth-order valence-corrected chi connectivity index (χ4v) is 4.15. The Balaban J connectivity index is 2.14. The Labute approximate surface area is 121 Å². The van der Waals surface area contributed by atoms with Gasteiger partial charge in [0.2, 0.25) is 0 Å². The molecule has 1 atom stereocenters. The molecule has 3 heteroatoms. The summed E-state index contributed by atoms with van der Waals surface area (Å²) < 4.78 is 5.54. The molecule has 1 aromatic heterocycles. The molecule has 1 unspecified atom stereocenters. The molecule has 108 valence electrons. The Morgan fingerprint density at radius 3 is 2.68 bits per heavy atom. The van der Waals surface area contributed by atoms with Gasteiger partial charge >= 0.3 is 0 Å². The van der Waals surface area contributed by atoms with E-state index in [4.69, 9.17) is 4.74 Å². The van der Waals surface area contributed by atoms with E-state index in [1.807, 2.05) is 11.3 Å². The Bertz CT molecular complexity index is 355. The van der Waals surface area contributed by atoms with Crippen LogP contribution in [0.4, 0.5) is 0 Å². The van der Waals surface area contributed by atoms with Crippen LogP contribution in [0.3, 0.4) is 0 Å². The van der Waals surface area contributed by atoms with E-state index in [1.165, 1.54) is 49.8 Å². The molecule has 1 aromatic rings. The van der Waals surface area contributed by atoms with Crippen molar-refractivity contribution in [2.24, 2.45) is 5.92 Å². The third kappa shape index (κ3) is 3.96. The van der Waals surface area contributed by atoms with E-state index in [0.29, 0.717) is 6.04 Å². The van der Waals surface area contributed by atoms with Gasteiger partial charge in [-0.05, 0) is 43.2 Å². The summed E-state index contributed by atoms with van der Waals surface area (Å²) in [5, 5.41) is 5.93. The van der Waals surface area contributed by atoms with Gasteiger partial charge in [-0.1, -0.05) is 32.6 Å². The summed E-state index contributed by atoms with van der Waals surface area (Å²) in [6.45, 7) is 3.34. The second kappa shape index (κ2) is 7.91. The van der Waals surface area contributed by atoms with Crippen LogP contribution >= 0.6 is 11.3 Å². The van der Waals surface area contributed by atoms with Crippen molar-refractivity contribution in [3.05, 3.63) is 16.3 Å². The number of rotatable bonds is 6. The quantitative estimate of drug-likeness (QED) is 0.759. The maximum atomic E-state index is 5.54. The summed E-state index contributed by atoms with van der Waals surface area (Å²) in [5.41, 5.74) is 0. The summed E-state index contributed by atoms with van der Waals surface area (Å²) in [4.78, 5) is 1.41. The minimum atomic E-state index is 0.494. The number of ether oxygens (including phenoxy) is 1. The highest BCUT2D eigenvalue weighted by molar-refractivity contribution is 7.10. The molecule has 1 aliphatic rings. The number of thiophene rings is 1. The minimum absolute atomic E-state index is 0.494. The summed E-state index contributed by atoms with van der Waals surface area (Å²) in [7, 11) is 1.79. The molecule has 0 spiro atoms. The third-order valence-corrected chi connectivity index (χ3v) is 5.13. The van der Waals surface area contributed by atoms with Gasteiger partial charge in [-0.3, -0.25) is 0 Å². The number of hydrogen-bond donors (Lipinski definition) is 1. The molecule has 0 amide bonds. The van der Waals surface area contributed by atoms with Gasteiger partial charge in [-0.2, -0.15) is 0 Å². The predicted octanol–water partition coefficient (Wildman–Crippen LogP) is 4.77. The Kier molecular flexibility index (Phi) is 6.18. The second-order valence-corrected chi connectivity index (χ2v) is 6.48. The first-order valence-electron chi connectivity index (χ1n) is 7.71. The summed E-state index contributed by atoms with van der Waals surface area (Å²) in [6, 6.07) is 2.60. The Morgan fingerprint density at radius 2 is 2.05 bits per heavy atom. The minimum Gasteiger partial charge on any atom is -0.496 e. The first-order chi connectivity index (χ1) is 9.36. The fourth-order valence-electron chi connectivity index (χ4n) is 3.12. The third-order valence-electron chi connectivity index (χ3n) is 4.15. The van der Waals surface area contributed by atoms with Gasteiger partial charge in [0.15, 0.2) is 0 Å². The normalized spacial score (nSPS) is 19.1. The van der Waals surface area contributed by atoms with Gasteiger partial charge in [0.1, 0.15) is 5.75 Å². The molecule has 0 aliphatic heterocycles. The van der Waals surface area contributed by atoms with Crippen molar-refractivity contribution < 1.29 is 4.74 Å². The maximum Gasteiger partial charge on any atom is 0.134 e. The molecular weight excluding hydrogens is 254 g/mol. The molecule has 0 radical (unpaired) electrons. The van der Waals surface area contributed by atoms with E-state index >= 15 is 0 Å². The van der Waals surface area contributed by atoms with Gasteiger partial charge in [-0.15, -0.1) is 11.3 Å². The average molecular weight is 281 g/mol. The molecule has 0 saturated heterocycles. The average Bonchev–Trinajstić information content (AvgIpc) is 2.74. The van der Waals surface area contributed by atoms with Crippen LogP contribution in [0.1, 0.15) is 62.8 Å². The molecule has 1 saturated carbocycles. The van der Waals surface area contributed by atoms with E-state index in [-0.39, 0.29) is 0 Å². The van der Waals surface area contributed by atoms with Crippen molar-refractivity contribution >= 4 is 11.3 Å². The molecular formula is C16H27NOS. The Morgan fingerprint density at radius 1 is 1.32 bits per heavy atom. The molecule has 1 fully saturated rings. The molecule has 0 bridgehead atoms. The smallest absolute Gasteiger partial charge is 0.134 e. The zero-order chi connectivity index (χ0) is 13.5. The lowest BCUT2D eigenvalue weighted by atomic mass is 9.90. The van der Waals surface area contributed by atoms with Crippen LogP contribution in [0.25, 0.3) is 0 Å². The molecule has 0 aromatic carbocycles. The zero-order valence-corrected chi connectivity index (χ0v) is 13.1. The number of hydrogen-bond acceptors (Lipinski definition) is 3. The van der Waals surface area contributed by atoms with Crippen molar-refractivity contribution in [2.75, 3.05) is 13.7 Å². The van der Waals surface area contributed by atoms with Crippen LogP contribution in [0.5, 0.6) is 5.75 Å². The van der Waals surface area contributed by atoms with Crippen molar-refractivity contribution in [1.29, 1.82) is 0 Å². The molecule has 19 heavy (non-hydrogen) atoms. The zero-order valence-electron chi connectivity index (χ0n) is 12.3. The maximum absolute atomic E-state index is 5.54. The SMILES string of the molecule is CCCNC(c1sccc1OC)C1CCCCCC1. The largest absolute Gasteiger partial charge is 0.496 e. The lowest BCUT2D eigenvalue weighted by molar-refractivity contribution is 0.318. The summed E-state index contributed by atoms with van der Waals surface area (Å²) in [5.74, 6) is 1.85. The summed E-state index contributed by atoms with van der Waals surface area (Å²) >= 11 is 1.85. The first kappa shape index (κ1) is 14.9. The van der Waals surface area contributed by atoms with Crippen molar-refractivity contribution in [3.8, 4) is 5.75 Å². The van der Waals surface area contributed by atoms with Gasteiger partial charge in [-0.25, -0.2) is 0 Å². The predicted molar refractivity (Wildman–Crippen MR) is 83.1 cm³/mol. The number of methoxy groups -OCH3 is 1. The van der Waals surface area contributed by atoms with Gasteiger partial charge in [0.05, 0.1) is 12.0 Å². The van der Waals surface area contributed by atoms with Gasteiger partial charge in [0.25, 0.3) is 0 Å².